The van der Waals surface area contributed by atoms with E-state index in [-0.39, 0.29) is 18.2 Å². The molecule has 0 amide bonds. The van der Waals surface area contributed by atoms with Crippen molar-refractivity contribution in [3.05, 3.63) is 110 Å². The van der Waals surface area contributed by atoms with Crippen molar-refractivity contribution in [1.82, 2.24) is 14.8 Å². The van der Waals surface area contributed by atoms with Crippen molar-refractivity contribution >= 4 is 27.7 Å². The molecule has 0 aliphatic rings. The first-order valence-electron chi connectivity index (χ1n) is 10.4. The Kier molecular flexibility index (Phi) is 7.76. The van der Waals surface area contributed by atoms with E-state index in [4.69, 9.17) is 4.74 Å². The van der Waals surface area contributed by atoms with Gasteiger partial charge in [0.25, 0.3) is 0 Å². The lowest BCUT2D eigenvalue weighted by atomic mass is 10.1. The summed E-state index contributed by atoms with van der Waals surface area (Å²) < 4.78 is 35.4. The van der Waals surface area contributed by atoms with Crippen LogP contribution in [0.25, 0.3) is 5.69 Å². The molecule has 0 bridgehead atoms. The van der Waals surface area contributed by atoms with Gasteiger partial charge in [0, 0.05) is 20.6 Å². The van der Waals surface area contributed by atoms with Crippen molar-refractivity contribution in [2.75, 3.05) is 6.54 Å². The summed E-state index contributed by atoms with van der Waals surface area (Å²) in [4.78, 5) is 11.2. The van der Waals surface area contributed by atoms with E-state index in [1.807, 2.05) is 0 Å². The highest BCUT2D eigenvalue weighted by atomic mass is 79.9. The van der Waals surface area contributed by atoms with E-state index in [1.54, 1.807) is 54.0 Å². The largest absolute Gasteiger partial charge is 0.489 e. The number of hydrogen-bond donors (Lipinski definition) is 0. The van der Waals surface area contributed by atoms with Gasteiger partial charge in [-0.3, -0.25) is 14.7 Å². The Morgan fingerprint density at radius 1 is 1.09 bits per heavy atom. The van der Waals surface area contributed by atoms with Gasteiger partial charge >= 0.3 is 0 Å². The Labute approximate surface area is 212 Å². The smallest absolute Gasteiger partial charge is 0.220 e. The number of hydrogen-bond acceptors (Lipinski definition) is 6. The van der Waals surface area contributed by atoms with Crippen molar-refractivity contribution < 1.29 is 18.4 Å². The lowest BCUT2D eigenvalue weighted by Crippen LogP contribution is -2.13. The van der Waals surface area contributed by atoms with Crippen LogP contribution in [0, 0.1) is 28.7 Å². The molecule has 0 aliphatic carbocycles. The molecule has 0 radical (unpaired) electrons. The maximum Gasteiger partial charge on any atom is 0.220 e. The Bertz CT molecular complexity index is 1350. The van der Waals surface area contributed by atoms with Gasteiger partial charge < -0.3 is 4.74 Å². The molecule has 0 saturated carbocycles. The van der Waals surface area contributed by atoms with Gasteiger partial charge in [0.05, 0.1) is 0 Å². The van der Waals surface area contributed by atoms with Crippen LogP contribution in [-0.4, -0.2) is 26.2 Å². The van der Waals surface area contributed by atoms with Crippen LogP contribution < -0.4 is 4.74 Å². The molecule has 4 aromatic rings. The Balaban J connectivity index is 1.68. The molecule has 11 heteroatoms. The number of nitrogens with zero attached hydrogens (tertiary/aromatic N) is 4. The molecule has 1 atom stereocenters. The molecule has 7 nitrogen and oxygen atoms in total. The second kappa shape index (κ2) is 11.0. The minimum absolute atomic E-state index is 0.0904. The zero-order chi connectivity index (χ0) is 24.9. The van der Waals surface area contributed by atoms with Crippen molar-refractivity contribution in [3.8, 4) is 11.4 Å². The van der Waals surface area contributed by atoms with Gasteiger partial charge in [0.1, 0.15) is 35.1 Å². The van der Waals surface area contributed by atoms with Crippen molar-refractivity contribution in [3.63, 3.8) is 0 Å². The quantitative estimate of drug-likeness (QED) is 0.135. The molecule has 0 unspecified atom stereocenters. The van der Waals surface area contributed by atoms with Crippen LogP contribution in [0.1, 0.15) is 22.2 Å². The zero-order valence-corrected chi connectivity index (χ0v) is 20.8. The Morgan fingerprint density at radius 2 is 1.86 bits per heavy atom. The first-order chi connectivity index (χ1) is 16.8. The van der Waals surface area contributed by atoms with Gasteiger partial charge in [0.15, 0.2) is 5.16 Å². The molecular formula is C24H19BrF2N4O3S. The topological polar surface area (TPSA) is 83.1 Å². The number of benzene rings is 3. The fraction of sp³-hybridized carbons (Fsp3) is 0.167. The van der Waals surface area contributed by atoms with Crippen molar-refractivity contribution in [2.24, 2.45) is 0 Å². The Hall–Kier alpha value is -3.31. The normalized spacial score (nSPS) is 11.9. The summed E-state index contributed by atoms with van der Waals surface area (Å²) in [6.07, 6.45) is 0. The standard InChI is InChI=1S/C24H19BrF2N4O3S/c1-15-28-29-24(31(15)20-8-6-18(26)7-9-20)35-23(13-30(32)33)21-12-17(25)5-10-22(21)34-14-16-3-2-4-19(27)11-16/h2-12,23H,13-14H2,1H3/t23-/m0/s1. The van der Waals surface area contributed by atoms with E-state index in [1.165, 1.54) is 24.3 Å². The molecule has 0 N–H and O–H groups in total. The molecule has 4 rings (SSSR count). The third-order valence-corrected chi connectivity index (χ3v) is 6.70. The molecule has 0 saturated heterocycles. The molecule has 0 fully saturated rings. The first-order valence-corrected chi connectivity index (χ1v) is 12.1. The van der Waals surface area contributed by atoms with Gasteiger partial charge in [-0.15, -0.1) is 10.2 Å². The number of aryl methyl sites for hydroxylation is 1. The van der Waals surface area contributed by atoms with E-state index in [0.29, 0.717) is 33.5 Å². The molecule has 180 valence electrons. The van der Waals surface area contributed by atoms with E-state index in [9.17, 15) is 18.9 Å². The predicted octanol–water partition coefficient (Wildman–Crippen LogP) is 6.31. The lowest BCUT2D eigenvalue weighted by molar-refractivity contribution is -0.479. The fourth-order valence-corrected chi connectivity index (χ4v) is 5.03. The van der Waals surface area contributed by atoms with Crippen molar-refractivity contribution in [2.45, 2.75) is 23.9 Å². The van der Waals surface area contributed by atoms with Crippen LogP contribution in [0.5, 0.6) is 5.75 Å². The minimum Gasteiger partial charge on any atom is -0.489 e. The summed E-state index contributed by atoms with van der Waals surface area (Å²) in [6, 6.07) is 17.1. The van der Waals surface area contributed by atoms with Gasteiger partial charge in [-0.25, -0.2) is 8.78 Å². The molecule has 0 aliphatic heterocycles. The van der Waals surface area contributed by atoms with Gasteiger partial charge in [0.2, 0.25) is 6.54 Å². The maximum absolute atomic E-state index is 13.6. The second-order valence-electron chi connectivity index (χ2n) is 7.56. The molecule has 35 heavy (non-hydrogen) atoms. The molecule has 1 heterocycles. The average Bonchev–Trinajstić information content (AvgIpc) is 3.18. The molecule has 3 aromatic carbocycles. The number of halogens is 3. The molecular weight excluding hydrogens is 542 g/mol. The van der Waals surface area contributed by atoms with E-state index < -0.39 is 16.7 Å². The minimum atomic E-state index is -0.687. The van der Waals surface area contributed by atoms with Gasteiger partial charge in [-0.1, -0.05) is 39.8 Å². The van der Waals surface area contributed by atoms with E-state index >= 15 is 0 Å². The number of rotatable bonds is 9. The van der Waals surface area contributed by atoms with E-state index in [2.05, 4.69) is 26.1 Å². The average molecular weight is 561 g/mol. The van der Waals surface area contributed by atoms with Crippen LogP contribution in [0.3, 0.4) is 0 Å². The molecule has 0 spiro atoms. The van der Waals surface area contributed by atoms with Crippen LogP contribution in [0.15, 0.2) is 76.4 Å². The highest BCUT2D eigenvalue weighted by Gasteiger charge is 2.27. The van der Waals surface area contributed by atoms with Crippen LogP contribution in [0.2, 0.25) is 0 Å². The third kappa shape index (κ3) is 6.23. The Morgan fingerprint density at radius 3 is 2.57 bits per heavy atom. The lowest BCUT2D eigenvalue weighted by Gasteiger charge is -2.18. The number of ether oxygens (including phenoxy) is 1. The summed E-state index contributed by atoms with van der Waals surface area (Å²) in [7, 11) is 0. The SMILES string of the molecule is Cc1nnc(S[C@@H](C[N+](=O)[O-])c2cc(Br)ccc2OCc2cccc(F)c2)n1-c1ccc(F)cc1. The fourth-order valence-electron chi connectivity index (χ4n) is 3.46. The monoisotopic (exact) mass is 560 g/mol. The van der Waals surface area contributed by atoms with Crippen LogP contribution in [-0.2, 0) is 6.61 Å². The number of thioether (sulfide) groups is 1. The highest BCUT2D eigenvalue weighted by molar-refractivity contribution is 9.10. The summed E-state index contributed by atoms with van der Waals surface area (Å²) in [6.45, 7) is 1.43. The summed E-state index contributed by atoms with van der Waals surface area (Å²) >= 11 is 4.59. The summed E-state index contributed by atoms with van der Waals surface area (Å²) in [5.41, 5.74) is 1.83. The van der Waals surface area contributed by atoms with Crippen LogP contribution >= 0.6 is 27.7 Å². The number of aromatic nitrogens is 3. The third-order valence-electron chi connectivity index (χ3n) is 5.04. The zero-order valence-electron chi connectivity index (χ0n) is 18.4. The first kappa shape index (κ1) is 24.8. The summed E-state index contributed by atoms with van der Waals surface area (Å²) in [5.74, 6) is 0.228. The van der Waals surface area contributed by atoms with Gasteiger partial charge in [-0.2, -0.15) is 0 Å². The second-order valence-corrected chi connectivity index (χ2v) is 9.65. The maximum atomic E-state index is 13.6. The van der Waals surface area contributed by atoms with E-state index in [0.717, 1.165) is 16.2 Å². The summed E-state index contributed by atoms with van der Waals surface area (Å²) in [5, 5.41) is 19.6. The number of nitro groups is 1. The van der Waals surface area contributed by atoms with Crippen LogP contribution in [0.4, 0.5) is 8.78 Å². The van der Waals surface area contributed by atoms with Gasteiger partial charge in [-0.05, 0) is 67.1 Å². The molecule has 1 aromatic heterocycles. The highest BCUT2D eigenvalue weighted by Crippen LogP contribution is 2.41. The van der Waals surface area contributed by atoms with Crippen molar-refractivity contribution in [1.29, 1.82) is 0 Å². The predicted molar refractivity (Wildman–Crippen MR) is 131 cm³/mol.